The lowest BCUT2D eigenvalue weighted by atomic mass is 10.1. The molecule has 0 aliphatic heterocycles. The summed E-state index contributed by atoms with van der Waals surface area (Å²) in [6.07, 6.45) is 2.37. The molecule has 0 aromatic heterocycles. The molecule has 15 heavy (non-hydrogen) atoms. The minimum absolute atomic E-state index is 0.596. The van der Waals surface area contributed by atoms with Crippen molar-refractivity contribution in [2.45, 2.75) is 32.7 Å². The molecule has 1 atom stereocenters. The molecule has 0 heterocycles. The predicted octanol–water partition coefficient (Wildman–Crippen LogP) is 2.60. The van der Waals surface area contributed by atoms with Crippen molar-refractivity contribution >= 4 is 5.69 Å². The molecule has 1 aliphatic rings. The first kappa shape index (κ1) is 10.5. The van der Waals surface area contributed by atoms with Gasteiger partial charge in [0.15, 0.2) is 0 Å². The van der Waals surface area contributed by atoms with E-state index in [1.165, 1.54) is 17.5 Å². The Balaban J connectivity index is 2.32. The van der Waals surface area contributed by atoms with Crippen LogP contribution in [0.3, 0.4) is 0 Å². The van der Waals surface area contributed by atoms with Crippen LogP contribution < -0.4 is 5.73 Å². The molecule has 0 spiro atoms. The van der Waals surface area contributed by atoms with Crippen molar-refractivity contribution in [2.75, 3.05) is 18.8 Å². The molecule has 0 fully saturated rings. The number of rotatable bonds is 3. The summed E-state index contributed by atoms with van der Waals surface area (Å²) in [6, 6.07) is 6.93. The first-order chi connectivity index (χ1) is 7.27. The summed E-state index contributed by atoms with van der Waals surface area (Å²) in [5.41, 5.74) is 9.81. The van der Waals surface area contributed by atoms with Gasteiger partial charge < -0.3 is 5.73 Å². The maximum absolute atomic E-state index is 6.00. The number of anilines is 1. The van der Waals surface area contributed by atoms with E-state index in [9.17, 15) is 0 Å². The predicted molar refractivity (Wildman–Crippen MR) is 64.8 cm³/mol. The topological polar surface area (TPSA) is 29.3 Å². The van der Waals surface area contributed by atoms with Gasteiger partial charge >= 0.3 is 0 Å². The zero-order valence-corrected chi connectivity index (χ0v) is 9.66. The molecule has 82 valence electrons. The molecule has 1 aliphatic carbocycles. The van der Waals surface area contributed by atoms with Crippen LogP contribution in [0.5, 0.6) is 0 Å². The monoisotopic (exact) mass is 204 g/mol. The molecular weight excluding hydrogens is 184 g/mol. The van der Waals surface area contributed by atoms with Crippen LogP contribution >= 0.6 is 0 Å². The molecule has 1 unspecified atom stereocenters. The van der Waals surface area contributed by atoms with E-state index < -0.39 is 0 Å². The molecule has 2 heteroatoms. The molecule has 0 bridgehead atoms. The van der Waals surface area contributed by atoms with Crippen LogP contribution in [-0.4, -0.2) is 18.0 Å². The van der Waals surface area contributed by atoms with Crippen LogP contribution in [0.1, 0.15) is 37.4 Å². The molecule has 0 amide bonds. The van der Waals surface area contributed by atoms with Crippen LogP contribution in [0.2, 0.25) is 0 Å². The summed E-state index contributed by atoms with van der Waals surface area (Å²) in [5, 5.41) is 0. The zero-order valence-electron chi connectivity index (χ0n) is 9.66. The second kappa shape index (κ2) is 4.23. The first-order valence-electron chi connectivity index (χ1n) is 5.89. The fraction of sp³-hybridized carbons (Fsp3) is 0.538. The highest BCUT2D eigenvalue weighted by atomic mass is 15.1. The van der Waals surface area contributed by atoms with Crippen molar-refractivity contribution in [2.24, 2.45) is 0 Å². The summed E-state index contributed by atoms with van der Waals surface area (Å²) >= 11 is 0. The van der Waals surface area contributed by atoms with Crippen molar-refractivity contribution in [3.63, 3.8) is 0 Å². The van der Waals surface area contributed by atoms with Crippen LogP contribution in [0.4, 0.5) is 5.69 Å². The van der Waals surface area contributed by atoms with E-state index in [0.29, 0.717) is 6.04 Å². The van der Waals surface area contributed by atoms with E-state index in [0.717, 1.165) is 25.2 Å². The Morgan fingerprint density at radius 2 is 2.07 bits per heavy atom. The average Bonchev–Trinajstić information content (AvgIpc) is 2.66. The fourth-order valence-electron chi connectivity index (χ4n) is 2.70. The van der Waals surface area contributed by atoms with Crippen LogP contribution in [-0.2, 0) is 6.42 Å². The van der Waals surface area contributed by atoms with Crippen molar-refractivity contribution in [1.82, 2.24) is 4.90 Å². The van der Waals surface area contributed by atoms with E-state index in [1.54, 1.807) is 0 Å². The van der Waals surface area contributed by atoms with Gasteiger partial charge in [-0.3, -0.25) is 4.90 Å². The lowest BCUT2D eigenvalue weighted by molar-refractivity contribution is 0.218. The summed E-state index contributed by atoms with van der Waals surface area (Å²) in [7, 11) is 0. The zero-order chi connectivity index (χ0) is 10.8. The molecule has 1 aromatic rings. The Kier molecular flexibility index (Phi) is 2.96. The van der Waals surface area contributed by atoms with Gasteiger partial charge in [-0.05, 0) is 43.1 Å². The summed E-state index contributed by atoms with van der Waals surface area (Å²) < 4.78 is 0. The van der Waals surface area contributed by atoms with Gasteiger partial charge in [0.05, 0.1) is 0 Å². The van der Waals surface area contributed by atoms with E-state index in [1.807, 2.05) is 6.07 Å². The van der Waals surface area contributed by atoms with Gasteiger partial charge in [-0.2, -0.15) is 0 Å². The van der Waals surface area contributed by atoms with Crippen LogP contribution in [0.25, 0.3) is 0 Å². The standard InChI is InChI=1S/C13H20N2/c1-3-15(4-2)13-9-8-10-11(13)6-5-7-12(10)14/h5-7,13H,3-4,8-9,14H2,1-2H3. The molecular formula is C13H20N2. The smallest absolute Gasteiger partial charge is 0.0354 e. The van der Waals surface area contributed by atoms with Crippen molar-refractivity contribution < 1.29 is 0 Å². The highest BCUT2D eigenvalue weighted by Gasteiger charge is 2.27. The van der Waals surface area contributed by atoms with Crippen molar-refractivity contribution in [1.29, 1.82) is 0 Å². The van der Waals surface area contributed by atoms with E-state index in [-0.39, 0.29) is 0 Å². The number of nitrogen functional groups attached to an aromatic ring is 1. The van der Waals surface area contributed by atoms with Gasteiger partial charge in [0, 0.05) is 11.7 Å². The van der Waals surface area contributed by atoms with E-state index in [2.05, 4.69) is 30.9 Å². The third-order valence-corrected chi connectivity index (χ3v) is 3.53. The molecule has 2 nitrogen and oxygen atoms in total. The van der Waals surface area contributed by atoms with Gasteiger partial charge in [-0.15, -0.1) is 0 Å². The molecule has 0 radical (unpaired) electrons. The van der Waals surface area contributed by atoms with E-state index >= 15 is 0 Å². The quantitative estimate of drug-likeness (QED) is 0.767. The first-order valence-corrected chi connectivity index (χ1v) is 5.89. The highest BCUT2D eigenvalue weighted by molar-refractivity contribution is 5.54. The van der Waals surface area contributed by atoms with Crippen molar-refractivity contribution in [3.8, 4) is 0 Å². The Labute approximate surface area is 92.1 Å². The van der Waals surface area contributed by atoms with Gasteiger partial charge in [0.2, 0.25) is 0 Å². The maximum atomic E-state index is 6.00. The highest BCUT2D eigenvalue weighted by Crippen LogP contribution is 2.37. The lowest BCUT2D eigenvalue weighted by Crippen LogP contribution is -2.26. The van der Waals surface area contributed by atoms with Gasteiger partial charge in [0.25, 0.3) is 0 Å². The number of hydrogen-bond donors (Lipinski definition) is 1. The Morgan fingerprint density at radius 1 is 1.33 bits per heavy atom. The lowest BCUT2D eigenvalue weighted by Gasteiger charge is -2.26. The second-order valence-corrected chi connectivity index (χ2v) is 4.19. The van der Waals surface area contributed by atoms with Gasteiger partial charge in [0.1, 0.15) is 0 Å². The summed E-state index contributed by atoms with van der Waals surface area (Å²) in [6.45, 7) is 6.70. The number of nitrogens with zero attached hydrogens (tertiary/aromatic N) is 1. The minimum Gasteiger partial charge on any atom is -0.398 e. The third-order valence-electron chi connectivity index (χ3n) is 3.53. The average molecular weight is 204 g/mol. The molecule has 2 rings (SSSR count). The fourth-order valence-corrected chi connectivity index (χ4v) is 2.70. The largest absolute Gasteiger partial charge is 0.398 e. The normalized spacial score (nSPS) is 19.5. The van der Waals surface area contributed by atoms with Gasteiger partial charge in [-0.25, -0.2) is 0 Å². The number of hydrogen-bond acceptors (Lipinski definition) is 2. The van der Waals surface area contributed by atoms with Crippen LogP contribution in [0.15, 0.2) is 18.2 Å². The Morgan fingerprint density at radius 3 is 2.73 bits per heavy atom. The summed E-state index contributed by atoms with van der Waals surface area (Å²) in [4.78, 5) is 2.52. The number of nitrogens with two attached hydrogens (primary N) is 1. The number of benzene rings is 1. The SMILES string of the molecule is CCN(CC)C1CCc2c(N)cccc21. The van der Waals surface area contributed by atoms with Gasteiger partial charge in [-0.1, -0.05) is 26.0 Å². The molecule has 0 saturated carbocycles. The van der Waals surface area contributed by atoms with Crippen molar-refractivity contribution in [3.05, 3.63) is 29.3 Å². The number of fused-ring (bicyclic) bond motifs is 1. The Bertz CT molecular complexity index is 342. The Hall–Kier alpha value is -1.02. The summed E-state index contributed by atoms with van der Waals surface area (Å²) in [5.74, 6) is 0. The van der Waals surface area contributed by atoms with Crippen LogP contribution in [0, 0.1) is 0 Å². The van der Waals surface area contributed by atoms with E-state index in [4.69, 9.17) is 5.73 Å². The minimum atomic E-state index is 0.596. The maximum Gasteiger partial charge on any atom is 0.0354 e. The third kappa shape index (κ3) is 1.74. The molecule has 2 N–H and O–H groups in total. The molecule has 0 saturated heterocycles. The second-order valence-electron chi connectivity index (χ2n) is 4.19. The molecule has 1 aromatic carbocycles.